The smallest absolute Gasteiger partial charge is 0.436 e. The Balaban J connectivity index is 1.81. The maximum absolute atomic E-state index is 13.0. The van der Waals surface area contributed by atoms with E-state index in [4.69, 9.17) is 9.47 Å². The quantitative estimate of drug-likeness (QED) is 0.328. The molecule has 3 rings (SSSR count). The summed E-state index contributed by atoms with van der Waals surface area (Å²) in [6, 6.07) is 10.1. The standard InChI is InChI=1S/C20H16BrF3N4O5/c1-11-18(21)19(20(22,23)24)26-27(11)10-17(29)25-12-7-13(28(30)31)9-16(8-12)33-15-5-3-14(32-2)4-6-15/h3-9H,10H2,1-2H3,(H,25,29). The molecule has 0 atom stereocenters. The molecule has 9 nitrogen and oxygen atoms in total. The molecular formula is C20H16BrF3N4O5. The molecule has 0 aliphatic heterocycles. The van der Waals surface area contributed by atoms with Crippen LogP contribution in [-0.4, -0.2) is 27.7 Å². The van der Waals surface area contributed by atoms with Gasteiger partial charge >= 0.3 is 6.18 Å². The summed E-state index contributed by atoms with van der Waals surface area (Å²) in [5, 5.41) is 17.2. The van der Waals surface area contributed by atoms with Crippen molar-refractivity contribution in [1.82, 2.24) is 9.78 Å². The van der Waals surface area contributed by atoms with Gasteiger partial charge in [-0.2, -0.15) is 18.3 Å². The highest BCUT2D eigenvalue weighted by Crippen LogP contribution is 2.35. The number of nitrogens with one attached hydrogen (secondary N) is 1. The molecule has 0 spiro atoms. The molecule has 1 N–H and O–H groups in total. The minimum Gasteiger partial charge on any atom is -0.497 e. The molecule has 1 amide bonds. The Morgan fingerprint density at radius 3 is 2.36 bits per heavy atom. The molecule has 0 radical (unpaired) electrons. The maximum Gasteiger partial charge on any atom is 0.436 e. The topological polar surface area (TPSA) is 109 Å². The van der Waals surface area contributed by atoms with Gasteiger partial charge in [-0.05, 0) is 47.1 Å². The van der Waals surface area contributed by atoms with E-state index in [-0.39, 0.29) is 27.3 Å². The van der Waals surface area contributed by atoms with Crippen LogP contribution in [0.1, 0.15) is 11.4 Å². The number of aromatic nitrogens is 2. The van der Waals surface area contributed by atoms with Crippen LogP contribution in [0.3, 0.4) is 0 Å². The number of ether oxygens (including phenoxy) is 2. The number of hydrogen-bond acceptors (Lipinski definition) is 6. The maximum atomic E-state index is 13.0. The minimum absolute atomic E-state index is 0.0256. The highest BCUT2D eigenvalue weighted by atomic mass is 79.9. The van der Waals surface area contributed by atoms with Crippen molar-refractivity contribution >= 4 is 33.2 Å². The number of nitrogens with zero attached hydrogens (tertiary/aromatic N) is 3. The lowest BCUT2D eigenvalue weighted by molar-refractivity contribution is -0.384. The van der Waals surface area contributed by atoms with Gasteiger partial charge in [0.15, 0.2) is 5.69 Å². The van der Waals surface area contributed by atoms with Crippen LogP contribution >= 0.6 is 15.9 Å². The molecule has 0 saturated carbocycles. The van der Waals surface area contributed by atoms with E-state index in [1.165, 1.54) is 26.2 Å². The van der Waals surface area contributed by atoms with E-state index >= 15 is 0 Å². The van der Waals surface area contributed by atoms with Crippen molar-refractivity contribution in [2.75, 3.05) is 12.4 Å². The van der Waals surface area contributed by atoms with Crippen molar-refractivity contribution in [2.45, 2.75) is 19.6 Å². The number of nitro groups is 1. The number of methoxy groups -OCH3 is 1. The Hall–Kier alpha value is -3.61. The van der Waals surface area contributed by atoms with E-state index in [9.17, 15) is 28.1 Å². The zero-order valence-corrected chi connectivity index (χ0v) is 18.7. The molecule has 0 fully saturated rings. The Bertz CT molecular complexity index is 1200. The second-order valence-electron chi connectivity index (χ2n) is 6.70. The molecule has 2 aromatic carbocycles. The summed E-state index contributed by atoms with van der Waals surface area (Å²) < 4.78 is 50.4. The fraction of sp³-hybridized carbons (Fsp3) is 0.200. The minimum atomic E-state index is -4.70. The number of carbonyl (C=O) groups is 1. The van der Waals surface area contributed by atoms with Crippen LogP contribution in [0.2, 0.25) is 0 Å². The number of carbonyl (C=O) groups excluding carboxylic acids is 1. The molecule has 13 heteroatoms. The lowest BCUT2D eigenvalue weighted by atomic mass is 10.2. The molecular weight excluding hydrogens is 513 g/mol. The van der Waals surface area contributed by atoms with Crippen LogP contribution in [0.15, 0.2) is 46.9 Å². The molecule has 1 heterocycles. The van der Waals surface area contributed by atoms with Gasteiger partial charge in [0.1, 0.15) is 23.8 Å². The average molecular weight is 529 g/mol. The van der Waals surface area contributed by atoms with E-state index in [1.807, 2.05) is 0 Å². The average Bonchev–Trinajstić information content (AvgIpc) is 3.02. The van der Waals surface area contributed by atoms with Crippen LogP contribution < -0.4 is 14.8 Å². The van der Waals surface area contributed by atoms with Gasteiger partial charge in [-0.3, -0.25) is 19.6 Å². The Labute approximate surface area is 193 Å². The van der Waals surface area contributed by atoms with Gasteiger partial charge in [-0.1, -0.05) is 0 Å². The van der Waals surface area contributed by atoms with E-state index < -0.39 is 29.2 Å². The van der Waals surface area contributed by atoms with Gasteiger partial charge in [0.25, 0.3) is 5.69 Å². The predicted octanol–water partition coefficient (Wildman–Crippen LogP) is 5.32. The summed E-state index contributed by atoms with van der Waals surface area (Å²) >= 11 is 2.83. The number of non-ortho nitro benzene ring substituents is 1. The fourth-order valence-corrected chi connectivity index (χ4v) is 3.30. The van der Waals surface area contributed by atoms with E-state index in [1.54, 1.807) is 24.3 Å². The van der Waals surface area contributed by atoms with Crippen LogP contribution in [0.25, 0.3) is 0 Å². The second-order valence-corrected chi connectivity index (χ2v) is 7.49. The lowest BCUT2D eigenvalue weighted by Crippen LogP contribution is -2.21. The Morgan fingerprint density at radius 2 is 1.82 bits per heavy atom. The van der Waals surface area contributed by atoms with Crippen molar-refractivity contribution in [1.29, 1.82) is 0 Å². The molecule has 174 valence electrons. The number of rotatable bonds is 7. The zero-order valence-electron chi connectivity index (χ0n) is 17.1. The number of alkyl halides is 3. The van der Waals surface area contributed by atoms with E-state index in [2.05, 4.69) is 26.3 Å². The summed E-state index contributed by atoms with van der Waals surface area (Å²) in [6.45, 7) is 0.825. The van der Waals surface area contributed by atoms with E-state index in [0.717, 1.165) is 10.7 Å². The summed E-state index contributed by atoms with van der Waals surface area (Å²) in [6.07, 6.45) is -4.70. The first kappa shape index (κ1) is 24.0. The van der Waals surface area contributed by atoms with Crippen LogP contribution in [0, 0.1) is 17.0 Å². The molecule has 33 heavy (non-hydrogen) atoms. The number of halogens is 4. The van der Waals surface area contributed by atoms with Crippen molar-refractivity contribution in [3.63, 3.8) is 0 Å². The zero-order chi connectivity index (χ0) is 24.3. The summed E-state index contributed by atoms with van der Waals surface area (Å²) in [5.41, 5.74) is -1.38. The van der Waals surface area contributed by atoms with Gasteiger partial charge in [0.2, 0.25) is 5.91 Å². The van der Waals surface area contributed by atoms with Gasteiger partial charge in [0.05, 0.1) is 34.0 Å². The lowest BCUT2D eigenvalue weighted by Gasteiger charge is -2.10. The van der Waals surface area contributed by atoms with Gasteiger partial charge in [-0.25, -0.2) is 0 Å². The van der Waals surface area contributed by atoms with Crippen LogP contribution in [-0.2, 0) is 17.5 Å². The molecule has 0 saturated heterocycles. The van der Waals surface area contributed by atoms with E-state index in [0.29, 0.717) is 11.5 Å². The normalized spacial score (nSPS) is 11.2. The number of anilines is 1. The first-order valence-electron chi connectivity index (χ1n) is 9.19. The first-order chi connectivity index (χ1) is 15.5. The Kier molecular flexibility index (Phi) is 6.91. The highest BCUT2D eigenvalue weighted by Gasteiger charge is 2.38. The second kappa shape index (κ2) is 9.48. The van der Waals surface area contributed by atoms with Crippen molar-refractivity contribution in [3.8, 4) is 17.2 Å². The molecule has 3 aromatic rings. The number of hydrogen-bond donors (Lipinski definition) is 1. The van der Waals surface area contributed by atoms with Gasteiger partial charge in [0, 0.05) is 12.1 Å². The molecule has 0 aliphatic rings. The highest BCUT2D eigenvalue weighted by molar-refractivity contribution is 9.10. The molecule has 0 aliphatic carbocycles. The predicted molar refractivity (Wildman–Crippen MR) is 114 cm³/mol. The summed E-state index contributed by atoms with van der Waals surface area (Å²) in [5.74, 6) is 0.286. The third-order valence-corrected chi connectivity index (χ3v) is 5.33. The van der Waals surface area contributed by atoms with Gasteiger partial charge in [-0.15, -0.1) is 0 Å². The monoisotopic (exact) mass is 528 g/mol. The molecule has 0 unspecified atom stereocenters. The number of benzene rings is 2. The number of amides is 1. The van der Waals surface area contributed by atoms with Gasteiger partial charge < -0.3 is 14.8 Å². The molecule has 1 aromatic heterocycles. The molecule has 0 bridgehead atoms. The van der Waals surface area contributed by atoms with Crippen LogP contribution in [0.4, 0.5) is 24.5 Å². The Morgan fingerprint density at radius 1 is 1.18 bits per heavy atom. The third kappa shape index (κ3) is 5.80. The van der Waals surface area contributed by atoms with Crippen LogP contribution in [0.5, 0.6) is 17.2 Å². The number of nitro benzene ring substituents is 1. The summed E-state index contributed by atoms with van der Waals surface area (Å²) in [7, 11) is 1.50. The van der Waals surface area contributed by atoms with Crippen molar-refractivity contribution in [3.05, 3.63) is 68.4 Å². The first-order valence-corrected chi connectivity index (χ1v) is 9.98. The fourth-order valence-electron chi connectivity index (χ4n) is 2.80. The SMILES string of the molecule is COc1ccc(Oc2cc(NC(=O)Cn3nc(C(F)(F)F)c(Br)c3C)cc([N+](=O)[O-])c2)cc1. The van der Waals surface area contributed by atoms with Crippen molar-refractivity contribution in [2.24, 2.45) is 0 Å². The largest absolute Gasteiger partial charge is 0.497 e. The van der Waals surface area contributed by atoms with Crippen molar-refractivity contribution < 1.29 is 32.4 Å². The summed E-state index contributed by atoms with van der Waals surface area (Å²) in [4.78, 5) is 23.1. The third-order valence-electron chi connectivity index (χ3n) is 4.38.